The molecular weight excluding hydrogens is 308 g/mol. The number of benzene rings is 1. The van der Waals surface area contributed by atoms with Crippen LogP contribution < -0.4 is 10.6 Å². The van der Waals surface area contributed by atoms with Crippen molar-refractivity contribution in [1.82, 2.24) is 0 Å². The second-order valence-corrected chi connectivity index (χ2v) is 5.22. The van der Waals surface area contributed by atoms with Gasteiger partial charge in [-0.15, -0.1) is 0 Å². The smallest absolute Gasteiger partial charge is 0.0637 e. The lowest BCUT2D eigenvalue weighted by atomic mass is 10.1. The van der Waals surface area contributed by atoms with Crippen LogP contribution in [0.1, 0.15) is 12.0 Å². The van der Waals surface area contributed by atoms with Crippen molar-refractivity contribution < 1.29 is 9.47 Å². The molecule has 0 saturated heterocycles. The molecule has 0 aromatic heterocycles. The quantitative estimate of drug-likeness (QED) is 0.706. The fourth-order valence-electron chi connectivity index (χ4n) is 1.96. The van der Waals surface area contributed by atoms with E-state index in [1.165, 1.54) is 5.69 Å². The summed E-state index contributed by atoms with van der Waals surface area (Å²) in [5.41, 5.74) is 8.15. The lowest BCUT2D eigenvalue weighted by molar-refractivity contribution is 0.191. The Morgan fingerprint density at radius 2 is 1.89 bits per heavy atom. The Bertz CT molecular complexity index is 374. The largest absolute Gasteiger partial charge is 0.385 e. The SMILES string of the molecule is COCCCN(CCOC)c1cc(Br)ccc1CN. The van der Waals surface area contributed by atoms with E-state index in [9.17, 15) is 0 Å². The molecule has 1 aromatic carbocycles. The predicted octanol–water partition coefficient (Wildman–Crippen LogP) is 2.40. The zero-order chi connectivity index (χ0) is 14.1. The topological polar surface area (TPSA) is 47.7 Å². The van der Waals surface area contributed by atoms with Crippen molar-refractivity contribution in [3.63, 3.8) is 0 Å². The van der Waals surface area contributed by atoms with Crippen LogP contribution in [0.25, 0.3) is 0 Å². The van der Waals surface area contributed by atoms with Gasteiger partial charge in [0, 0.05) is 50.6 Å². The number of ether oxygens (including phenoxy) is 2. The molecule has 0 fully saturated rings. The number of anilines is 1. The summed E-state index contributed by atoms with van der Waals surface area (Å²) in [5.74, 6) is 0. The molecule has 2 N–H and O–H groups in total. The van der Waals surface area contributed by atoms with Crippen LogP contribution in [0.3, 0.4) is 0 Å². The van der Waals surface area contributed by atoms with E-state index in [0.717, 1.165) is 36.2 Å². The Morgan fingerprint density at radius 3 is 2.53 bits per heavy atom. The monoisotopic (exact) mass is 330 g/mol. The molecule has 0 radical (unpaired) electrons. The number of hydrogen-bond acceptors (Lipinski definition) is 4. The zero-order valence-electron chi connectivity index (χ0n) is 11.7. The molecule has 5 heteroatoms. The number of nitrogens with two attached hydrogens (primary N) is 1. The summed E-state index contributed by atoms with van der Waals surface area (Å²) in [4.78, 5) is 2.30. The van der Waals surface area contributed by atoms with E-state index >= 15 is 0 Å². The summed E-state index contributed by atoms with van der Waals surface area (Å²) in [5, 5.41) is 0. The summed E-state index contributed by atoms with van der Waals surface area (Å²) in [6, 6.07) is 6.20. The highest BCUT2D eigenvalue weighted by Crippen LogP contribution is 2.25. The summed E-state index contributed by atoms with van der Waals surface area (Å²) in [7, 11) is 3.45. The third-order valence-electron chi connectivity index (χ3n) is 2.95. The van der Waals surface area contributed by atoms with Gasteiger partial charge in [0.15, 0.2) is 0 Å². The van der Waals surface area contributed by atoms with E-state index in [0.29, 0.717) is 13.2 Å². The Kier molecular flexibility index (Phi) is 8.05. The first kappa shape index (κ1) is 16.4. The van der Waals surface area contributed by atoms with Gasteiger partial charge in [-0.25, -0.2) is 0 Å². The van der Waals surface area contributed by atoms with Crippen LogP contribution in [-0.4, -0.2) is 40.5 Å². The van der Waals surface area contributed by atoms with Gasteiger partial charge < -0.3 is 20.1 Å². The molecule has 0 heterocycles. The molecule has 0 spiro atoms. The fourth-order valence-corrected chi connectivity index (χ4v) is 2.31. The van der Waals surface area contributed by atoms with Crippen LogP contribution in [0.2, 0.25) is 0 Å². The molecule has 0 aliphatic carbocycles. The number of hydrogen-bond donors (Lipinski definition) is 1. The first-order chi connectivity index (χ1) is 9.22. The standard InChI is InChI=1S/C14H23BrN2O2/c1-18-8-3-6-17(7-9-19-2)14-10-13(15)5-4-12(14)11-16/h4-5,10H,3,6-9,11,16H2,1-2H3. The predicted molar refractivity (Wildman–Crippen MR) is 82.6 cm³/mol. The van der Waals surface area contributed by atoms with Gasteiger partial charge >= 0.3 is 0 Å². The van der Waals surface area contributed by atoms with Crippen molar-refractivity contribution in [2.24, 2.45) is 5.73 Å². The van der Waals surface area contributed by atoms with Crippen molar-refractivity contribution in [3.8, 4) is 0 Å². The maximum Gasteiger partial charge on any atom is 0.0637 e. The lowest BCUT2D eigenvalue weighted by Gasteiger charge is -2.27. The molecule has 0 atom stereocenters. The Balaban J connectivity index is 2.84. The van der Waals surface area contributed by atoms with Crippen LogP contribution in [0.15, 0.2) is 22.7 Å². The highest BCUT2D eigenvalue weighted by molar-refractivity contribution is 9.10. The summed E-state index contributed by atoms with van der Waals surface area (Å²) in [6.45, 7) is 3.78. The van der Waals surface area contributed by atoms with Gasteiger partial charge in [0.1, 0.15) is 0 Å². The minimum absolute atomic E-state index is 0.538. The van der Waals surface area contributed by atoms with Gasteiger partial charge in [-0.05, 0) is 24.1 Å². The molecule has 0 amide bonds. The number of halogens is 1. The van der Waals surface area contributed by atoms with Crippen molar-refractivity contribution in [1.29, 1.82) is 0 Å². The molecule has 108 valence electrons. The van der Waals surface area contributed by atoms with E-state index in [1.54, 1.807) is 14.2 Å². The Morgan fingerprint density at radius 1 is 1.16 bits per heavy atom. The summed E-state index contributed by atoms with van der Waals surface area (Å²) >= 11 is 3.52. The summed E-state index contributed by atoms with van der Waals surface area (Å²) < 4.78 is 11.4. The molecule has 19 heavy (non-hydrogen) atoms. The zero-order valence-corrected chi connectivity index (χ0v) is 13.3. The van der Waals surface area contributed by atoms with Crippen LogP contribution in [0.4, 0.5) is 5.69 Å². The molecular formula is C14H23BrN2O2. The third kappa shape index (κ3) is 5.48. The van der Waals surface area contributed by atoms with Crippen molar-refractivity contribution >= 4 is 21.6 Å². The number of methoxy groups -OCH3 is 2. The van der Waals surface area contributed by atoms with Crippen LogP contribution in [0.5, 0.6) is 0 Å². The average Bonchev–Trinajstić information content (AvgIpc) is 2.42. The van der Waals surface area contributed by atoms with Crippen molar-refractivity contribution in [3.05, 3.63) is 28.2 Å². The molecule has 0 saturated carbocycles. The van der Waals surface area contributed by atoms with Crippen molar-refractivity contribution in [2.45, 2.75) is 13.0 Å². The van der Waals surface area contributed by atoms with Gasteiger partial charge in [0.2, 0.25) is 0 Å². The van der Waals surface area contributed by atoms with Crippen LogP contribution >= 0.6 is 15.9 Å². The molecule has 0 bridgehead atoms. The second kappa shape index (κ2) is 9.31. The van der Waals surface area contributed by atoms with Gasteiger partial charge in [-0.1, -0.05) is 22.0 Å². The summed E-state index contributed by atoms with van der Waals surface area (Å²) in [6.07, 6.45) is 0.983. The van der Waals surface area contributed by atoms with Gasteiger partial charge in [0.05, 0.1) is 6.61 Å². The minimum atomic E-state index is 0.538. The van der Waals surface area contributed by atoms with Crippen LogP contribution in [0, 0.1) is 0 Å². The molecule has 0 aliphatic rings. The fraction of sp³-hybridized carbons (Fsp3) is 0.571. The van der Waals surface area contributed by atoms with E-state index in [4.69, 9.17) is 15.2 Å². The Labute approximate surface area is 124 Å². The van der Waals surface area contributed by atoms with Crippen LogP contribution in [-0.2, 0) is 16.0 Å². The number of rotatable bonds is 9. The van der Waals surface area contributed by atoms with Gasteiger partial charge in [-0.3, -0.25) is 0 Å². The first-order valence-corrected chi connectivity index (χ1v) is 7.23. The van der Waals surface area contributed by atoms with E-state index < -0.39 is 0 Å². The number of nitrogens with zero attached hydrogens (tertiary/aromatic N) is 1. The lowest BCUT2D eigenvalue weighted by Crippen LogP contribution is -2.30. The van der Waals surface area contributed by atoms with E-state index in [-0.39, 0.29) is 0 Å². The maximum absolute atomic E-state index is 5.82. The Hall–Kier alpha value is -0.620. The normalized spacial score (nSPS) is 10.7. The minimum Gasteiger partial charge on any atom is -0.385 e. The van der Waals surface area contributed by atoms with E-state index in [2.05, 4.69) is 33.0 Å². The molecule has 0 aliphatic heterocycles. The average molecular weight is 331 g/mol. The maximum atomic E-state index is 5.82. The molecule has 1 aromatic rings. The molecule has 0 unspecified atom stereocenters. The second-order valence-electron chi connectivity index (χ2n) is 4.30. The highest BCUT2D eigenvalue weighted by Gasteiger charge is 2.11. The molecule has 1 rings (SSSR count). The first-order valence-electron chi connectivity index (χ1n) is 6.44. The third-order valence-corrected chi connectivity index (χ3v) is 3.44. The van der Waals surface area contributed by atoms with Gasteiger partial charge in [0.25, 0.3) is 0 Å². The van der Waals surface area contributed by atoms with Gasteiger partial charge in [-0.2, -0.15) is 0 Å². The molecule has 4 nitrogen and oxygen atoms in total. The van der Waals surface area contributed by atoms with E-state index in [1.807, 2.05) is 6.07 Å². The van der Waals surface area contributed by atoms with Crippen molar-refractivity contribution in [2.75, 3.05) is 45.4 Å². The highest BCUT2D eigenvalue weighted by atomic mass is 79.9.